The summed E-state index contributed by atoms with van der Waals surface area (Å²) in [5.74, 6) is -1.61. The van der Waals surface area contributed by atoms with E-state index in [9.17, 15) is 14.0 Å². The number of hydrogen-bond acceptors (Lipinski definition) is 3. The topological polar surface area (TPSA) is 59.8 Å². The SMILES string of the molecule is COc1ccc(Cl)cc1NC(=O)C(=O)c1c(-c2ccc(F)cc2)cc2ccccn12. The van der Waals surface area contributed by atoms with Crippen LogP contribution in [0.3, 0.4) is 0 Å². The van der Waals surface area contributed by atoms with E-state index in [1.54, 1.807) is 47.0 Å². The zero-order chi connectivity index (χ0) is 21.3. The molecule has 30 heavy (non-hydrogen) atoms. The summed E-state index contributed by atoms with van der Waals surface area (Å²) in [6, 6.07) is 17.7. The summed E-state index contributed by atoms with van der Waals surface area (Å²) >= 11 is 6.01. The lowest BCUT2D eigenvalue weighted by Crippen LogP contribution is -2.25. The van der Waals surface area contributed by atoms with E-state index in [0.717, 1.165) is 5.52 Å². The van der Waals surface area contributed by atoms with Crippen LogP contribution in [0, 0.1) is 5.82 Å². The molecule has 0 aliphatic rings. The fourth-order valence-corrected chi connectivity index (χ4v) is 3.44. The number of Topliss-reactive ketones (excluding diaryl/α,β-unsaturated/α-hetero) is 1. The third-order valence-electron chi connectivity index (χ3n) is 4.67. The van der Waals surface area contributed by atoms with Crippen molar-refractivity contribution < 1.29 is 18.7 Å². The molecule has 0 radical (unpaired) electrons. The first-order chi connectivity index (χ1) is 14.5. The number of pyridine rings is 1. The maximum Gasteiger partial charge on any atom is 0.298 e. The van der Waals surface area contributed by atoms with Crippen molar-refractivity contribution in [2.45, 2.75) is 0 Å². The van der Waals surface area contributed by atoms with E-state index < -0.39 is 11.7 Å². The molecular weight excluding hydrogens is 407 g/mol. The first-order valence-corrected chi connectivity index (χ1v) is 9.41. The molecule has 0 saturated carbocycles. The van der Waals surface area contributed by atoms with Crippen LogP contribution in [0.2, 0.25) is 5.02 Å². The van der Waals surface area contributed by atoms with Gasteiger partial charge < -0.3 is 14.5 Å². The van der Waals surface area contributed by atoms with E-state index >= 15 is 0 Å². The number of hydrogen-bond donors (Lipinski definition) is 1. The molecule has 0 bridgehead atoms. The maximum atomic E-state index is 13.4. The number of nitrogens with zero attached hydrogens (tertiary/aromatic N) is 1. The Balaban J connectivity index is 1.77. The molecule has 0 aliphatic heterocycles. The number of nitrogens with one attached hydrogen (secondary N) is 1. The highest BCUT2D eigenvalue weighted by Gasteiger charge is 2.25. The van der Waals surface area contributed by atoms with Crippen molar-refractivity contribution in [1.29, 1.82) is 0 Å². The lowest BCUT2D eigenvalue weighted by atomic mass is 10.0. The number of carbonyl (C=O) groups excluding carboxylic acids is 2. The summed E-state index contributed by atoms with van der Waals surface area (Å²) in [7, 11) is 1.45. The van der Waals surface area contributed by atoms with Crippen molar-refractivity contribution >= 4 is 34.5 Å². The molecule has 4 aromatic rings. The maximum absolute atomic E-state index is 13.4. The number of aromatic nitrogens is 1. The summed E-state index contributed by atoms with van der Waals surface area (Å²) in [5.41, 5.74) is 2.34. The third kappa shape index (κ3) is 3.65. The lowest BCUT2D eigenvalue weighted by molar-refractivity contribution is -0.112. The summed E-state index contributed by atoms with van der Waals surface area (Å²) in [6.07, 6.45) is 1.70. The fraction of sp³-hybridized carbons (Fsp3) is 0.0435. The van der Waals surface area contributed by atoms with E-state index in [4.69, 9.17) is 16.3 Å². The Morgan fingerprint density at radius 1 is 1.03 bits per heavy atom. The number of benzene rings is 2. The van der Waals surface area contributed by atoms with Crippen LogP contribution in [0.25, 0.3) is 16.6 Å². The van der Waals surface area contributed by atoms with Gasteiger partial charge in [0.25, 0.3) is 11.7 Å². The first kappa shape index (κ1) is 19.7. The van der Waals surface area contributed by atoms with Gasteiger partial charge in [-0.2, -0.15) is 0 Å². The van der Waals surface area contributed by atoms with Gasteiger partial charge in [-0.25, -0.2) is 4.39 Å². The van der Waals surface area contributed by atoms with Crippen LogP contribution in [-0.2, 0) is 4.79 Å². The Hall–Kier alpha value is -3.64. The second kappa shape index (κ2) is 8.00. The number of rotatable bonds is 5. The number of ether oxygens (including phenoxy) is 1. The minimum atomic E-state index is -0.845. The predicted octanol–water partition coefficient (Wildman–Crippen LogP) is 5.23. The van der Waals surface area contributed by atoms with Crippen LogP contribution in [0.5, 0.6) is 5.75 Å². The van der Waals surface area contributed by atoms with Gasteiger partial charge in [-0.15, -0.1) is 0 Å². The molecule has 0 saturated heterocycles. The average Bonchev–Trinajstić information content (AvgIpc) is 3.13. The van der Waals surface area contributed by atoms with E-state index in [2.05, 4.69) is 5.32 Å². The molecule has 2 aromatic heterocycles. The summed E-state index contributed by atoms with van der Waals surface area (Å²) in [4.78, 5) is 26.0. The molecule has 2 aromatic carbocycles. The highest BCUT2D eigenvalue weighted by atomic mass is 35.5. The molecule has 0 aliphatic carbocycles. The molecule has 0 unspecified atom stereocenters. The van der Waals surface area contributed by atoms with E-state index in [0.29, 0.717) is 21.9 Å². The largest absolute Gasteiger partial charge is 0.495 e. The Morgan fingerprint density at radius 2 is 1.80 bits per heavy atom. The Bertz CT molecular complexity index is 1270. The first-order valence-electron chi connectivity index (χ1n) is 9.03. The van der Waals surface area contributed by atoms with E-state index in [1.807, 2.05) is 12.1 Å². The van der Waals surface area contributed by atoms with Crippen molar-refractivity contribution in [1.82, 2.24) is 4.40 Å². The van der Waals surface area contributed by atoms with Crippen LogP contribution in [0.1, 0.15) is 10.5 Å². The van der Waals surface area contributed by atoms with Crippen molar-refractivity contribution in [2.75, 3.05) is 12.4 Å². The predicted molar refractivity (Wildman–Crippen MR) is 114 cm³/mol. The molecule has 1 amide bonds. The average molecular weight is 423 g/mol. The highest BCUT2D eigenvalue weighted by Crippen LogP contribution is 2.30. The van der Waals surface area contributed by atoms with Crippen molar-refractivity contribution in [2.24, 2.45) is 0 Å². The Kier molecular flexibility index (Phi) is 5.25. The second-order valence-electron chi connectivity index (χ2n) is 6.54. The van der Waals surface area contributed by atoms with Crippen molar-refractivity contribution in [3.8, 4) is 16.9 Å². The van der Waals surface area contributed by atoms with Gasteiger partial charge in [0.1, 0.15) is 17.3 Å². The Morgan fingerprint density at radius 3 is 2.53 bits per heavy atom. The smallest absolute Gasteiger partial charge is 0.298 e. The molecule has 1 N–H and O–H groups in total. The molecule has 0 atom stereocenters. The number of fused-ring (bicyclic) bond motifs is 1. The number of carbonyl (C=O) groups is 2. The minimum absolute atomic E-state index is 0.177. The molecule has 0 fully saturated rings. The van der Waals surface area contributed by atoms with Crippen molar-refractivity contribution in [3.63, 3.8) is 0 Å². The molecule has 2 heterocycles. The summed E-state index contributed by atoms with van der Waals surface area (Å²) in [5, 5.41) is 2.96. The van der Waals surface area contributed by atoms with Gasteiger partial charge in [-0.05, 0) is 54.1 Å². The quantitative estimate of drug-likeness (QED) is 0.354. The summed E-state index contributed by atoms with van der Waals surface area (Å²) in [6.45, 7) is 0. The summed E-state index contributed by atoms with van der Waals surface area (Å²) < 4.78 is 20.2. The van der Waals surface area contributed by atoms with Gasteiger partial charge in [0.15, 0.2) is 0 Å². The zero-order valence-corrected chi connectivity index (χ0v) is 16.6. The Labute approximate surface area is 176 Å². The highest BCUT2D eigenvalue weighted by molar-refractivity contribution is 6.47. The monoisotopic (exact) mass is 422 g/mol. The van der Waals surface area contributed by atoms with E-state index in [-0.39, 0.29) is 17.2 Å². The number of amides is 1. The molecule has 150 valence electrons. The van der Waals surface area contributed by atoms with Crippen molar-refractivity contribution in [3.05, 3.63) is 89.5 Å². The molecule has 5 nitrogen and oxygen atoms in total. The normalized spacial score (nSPS) is 10.8. The van der Waals surface area contributed by atoms with Crippen LogP contribution in [0.15, 0.2) is 72.9 Å². The van der Waals surface area contributed by atoms with Crippen LogP contribution >= 0.6 is 11.6 Å². The van der Waals surface area contributed by atoms with Crippen LogP contribution in [0.4, 0.5) is 10.1 Å². The van der Waals surface area contributed by atoms with Crippen LogP contribution in [-0.4, -0.2) is 23.2 Å². The zero-order valence-electron chi connectivity index (χ0n) is 15.9. The standard InChI is InChI=1S/C23H16ClFN2O3/c1-30-20-10-7-15(24)12-19(20)26-23(29)22(28)21-18(14-5-8-16(25)9-6-14)13-17-4-2-3-11-27(17)21/h2-13H,1H3,(H,26,29). The van der Waals surface area contributed by atoms with Gasteiger partial charge in [-0.1, -0.05) is 29.8 Å². The number of anilines is 1. The third-order valence-corrected chi connectivity index (χ3v) is 4.90. The van der Waals surface area contributed by atoms with Gasteiger partial charge >= 0.3 is 0 Å². The molecule has 7 heteroatoms. The van der Waals surface area contributed by atoms with Crippen LogP contribution < -0.4 is 10.1 Å². The number of halogens is 2. The van der Waals surface area contributed by atoms with Gasteiger partial charge in [0, 0.05) is 22.3 Å². The van der Waals surface area contributed by atoms with Gasteiger partial charge in [-0.3, -0.25) is 9.59 Å². The molecular formula is C23H16ClFN2O3. The second-order valence-corrected chi connectivity index (χ2v) is 6.97. The molecule has 4 rings (SSSR count). The fourth-order valence-electron chi connectivity index (χ4n) is 3.27. The minimum Gasteiger partial charge on any atom is -0.495 e. The van der Waals surface area contributed by atoms with E-state index in [1.165, 1.54) is 25.3 Å². The van der Waals surface area contributed by atoms with Gasteiger partial charge in [0.05, 0.1) is 12.8 Å². The molecule has 0 spiro atoms. The number of ketones is 1. The van der Waals surface area contributed by atoms with Gasteiger partial charge in [0.2, 0.25) is 0 Å². The lowest BCUT2D eigenvalue weighted by Gasteiger charge is -2.11. The number of methoxy groups -OCH3 is 1.